The lowest BCUT2D eigenvalue weighted by atomic mass is 9.81. The Bertz CT molecular complexity index is 1130. The fraction of sp³-hybridized carbons (Fsp3) is 0.333. The smallest absolute Gasteiger partial charge is 0.257 e. The molecule has 0 aliphatic carbocycles. The van der Waals surface area contributed by atoms with Crippen molar-refractivity contribution < 1.29 is 14.3 Å². The molecule has 6 nitrogen and oxygen atoms in total. The quantitative estimate of drug-likeness (QED) is 0.651. The van der Waals surface area contributed by atoms with Crippen LogP contribution >= 0.6 is 0 Å². The Hall–Kier alpha value is -3.28. The number of aromatic nitrogens is 2. The van der Waals surface area contributed by atoms with Gasteiger partial charge in [0, 0.05) is 44.1 Å². The van der Waals surface area contributed by atoms with Crippen molar-refractivity contribution in [2.45, 2.75) is 25.4 Å². The summed E-state index contributed by atoms with van der Waals surface area (Å²) in [6, 6.07) is 13.8. The van der Waals surface area contributed by atoms with Crippen LogP contribution in [-0.2, 0) is 12.6 Å². The van der Waals surface area contributed by atoms with E-state index in [0.717, 1.165) is 41.0 Å². The summed E-state index contributed by atoms with van der Waals surface area (Å²) in [5.41, 5.74) is 4.50. The maximum absolute atomic E-state index is 13.2. The largest absolute Gasteiger partial charge is 0.496 e. The minimum Gasteiger partial charge on any atom is -0.496 e. The van der Waals surface area contributed by atoms with Gasteiger partial charge >= 0.3 is 0 Å². The first-order chi connectivity index (χ1) is 14.5. The van der Waals surface area contributed by atoms with Gasteiger partial charge < -0.3 is 14.4 Å². The van der Waals surface area contributed by atoms with Crippen LogP contribution in [0, 0.1) is 6.92 Å². The van der Waals surface area contributed by atoms with Gasteiger partial charge in [-0.05, 0) is 31.2 Å². The van der Waals surface area contributed by atoms with Crippen LogP contribution in [0.5, 0.6) is 11.5 Å². The molecule has 6 heteroatoms. The number of aryl methyl sites for hydroxylation is 2. The number of likely N-dealkylation sites (tertiary alicyclic amines) is 1. The van der Waals surface area contributed by atoms with Crippen molar-refractivity contribution in [3.63, 3.8) is 0 Å². The SMILES string of the molecule is COc1ccc(C)cc1C(=O)N1CCC2(CC1)Oc1ccccc1-c1c2cnn1C. The van der Waals surface area contributed by atoms with Gasteiger partial charge in [-0.2, -0.15) is 5.10 Å². The summed E-state index contributed by atoms with van der Waals surface area (Å²) in [4.78, 5) is 15.1. The molecule has 2 aromatic carbocycles. The van der Waals surface area contributed by atoms with Gasteiger partial charge in [-0.15, -0.1) is 0 Å². The van der Waals surface area contributed by atoms with E-state index in [4.69, 9.17) is 9.47 Å². The minimum atomic E-state index is -0.453. The third-order valence-corrected chi connectivity index (χ3v) is 6.32. The Morgan fingerprint density at radius 2 is 1.93 bits per heavy atom. The first-order valence-corrected chi connectivity index (χ1v) is 10.3. The highest BCUT2D eigenvalue weighted by atomic mass is 16.5. The molecule has 1 amide bonds. The van der Waals surface area contributed by atoms with Gasteiger partial charge in [0.2, 0.25) is 0 Å². The molecule has 1 aromatic heterocycles. The van der Waals surface area contributed by atoms with Crippen molar-refractivity contribution in [2.24, 2.45) is 7.05 Å². The van der Waals surface area contributed by atoms with Gasteiger partial charge in [0.25, 0.3) is 5.91 Å². The number of nitrogens with zero attached hydrogens (tertiary/aromatic N) is 3. The number of hydrogen-bond donors (Lipinski definition) is 0. The number of methoxy groups -OCH3 is 1. The Morgan fingerprint density at radius 1 is 1.17 bits per heavy atom. The molecule has 0 N–H and O–H groups in total. The molecule has 5 rings (SSSR count). The molecule has 0 unspecified atom stereocenters. The van der Waals surface area contributed by atoms with E-state index in [2.05, 4.69) is 11.2 Å². The summed E-state index contributed by atoms with van der Waals surface area (Å²) in [5, 5.41) is 4.52. The van der Waals surface area contributed by atoms with Crippen LogP contribution in [0.15, 0.2) is 48.7 Å². The van der Waals surface area contributed by atoms with E-state index in [1.165, 1.54) is 0 Å². The molecule has 3 aromatic rings. The lowest BCUT2D eigenvalue weighted by Gasteiger charge is -2.44. The van der Waals surface area contributed by atoms with Crippen LogP contribution in [0.1, 0.15) is 34.3 Å². The van der Waals surface area contributed by atoms with Crippen molar-refractivity contribution in [1.82, 2.24) is 14.7 Å². The maximum Gasteiger partial charge on any atom is 0.257 e. The van der Waals surface area contributed by atoms with Crippen LogP contribution in [0.3, 0.4) is 0 Å². The zero-order valence-corrected chi connectivity index (χ0v) is 17.5. The maximum atomic E-state index is 13.2. The lowest BCUT2D eigenvalue weighted by Crippen LogP contribution is -2.49. The molecular weight excluding hydrogens is 378 g/mol. The first-order valence-electron chi connectivity index (χ1n) is 10.3. The molecule has 1 spiro atoms. The van der Waals surface area contributed by atoms with Crippen LogP contribution in [0.2, 0.25) is 0 Å². The molecule has 1 fully saturated rings. The highest BCUT2D eigenvalue weighted by molar-refractivity contribution is 5.97. The number of benzene rings is 2. The van der Waals surface area contributed by atoms with E-state index >= 15 is 0 Å². The third kappa shape index (κ3) is 2.78. The molecule has 0 bridgehead atoms. The summed E-state index contributed by atoms with van der Waals surface area (Å²) in [7, 11) is 3.57. The number of rotatable bonds is 2. The molecule has 0 radical (unpaired) electrons. The second-order valence-electron chi connectivity index (χ2n) is 8.12. The second-order valence-corrected chi connectivity index (χ2v) is 8.12. The summed E-state index contributed by atoms with van der Waals surface area (Å²) in [5.74, 6) is 1.50. The molecule has 0 saturated carbocycles. The summed E-state index contributed by atoms with van der Waals surface area (Å²) in [6.07, 6.45) is 3.37. The van der Waals surface area contributed by atoms with E-state index in [1.54, 1.807) is 7.11 Å². The highest BCUT2D eigenvalue weighted by Gasteiger charge is 2.46. The lowest BCUT2D eigenvalue weighted by molar-refractivity contribution is -0.00179. The van der Waals surface area contributed by atoms with Gasteiger partial charge in [0.15, 0.2) is 0 Å². The standard InChI is InChI=1S/C24H25N3O3/c1-16-8-9-20(29-3)18(14-16)23(28)27-12-10-24(11-13-27)19-15-25-26(2)22(19)17-6-4-5-7-21(17)30-24/h4-9,14-15H,10-13H2,1-3H3. The van der Waals surface area contributed by atoms with Gasteiger partial charge in [-0.3, -0.25) is 9.48 Å². The number of carbonyl (C=O) groups is 1. The first kappa shape index (κ1) is 18.7. The Balaban J connectivity index is 1.44. The second kappa shape index (κ2) is 6.90. The number of amides is 1. The number of piperidine rings is 1. The van der Waals surface area contributed by atoms with Gasteiger partial charge in [-0.1, -0.05) is 23.8 Å². The van der Waals surface area contributed by atoms with E-state index < -0.39 is 5.60 Å². The third-order valence-electron chi connectivity index (χ3n) is 6.32. The summed E-state index contributed by atoms with van der Waals surface area (Å²) < 4.78 is 13.9. The van der Waals surface area contributed by atoms with Crippen molar-refractivity contribution in [2.75, 3.05) is 20.2 Å². The van der Waals surface area contributed by atoms with E-state index in [-0.39, 0.29) is 5.91 Å². The Labute approximate surface area is 176 Å². The fourth-order valence-corrected chi connectivity index (χ4v) is 4.71. The molecular formula is C24H25N3O3. The molecule has 2 aliphatic rings. The van der Waals surface area contributed by atoms with Gasteiger partial charge in [0.1, 0.15) is 17.1 Å². The minimum absolute atomic E-state index is 0.00743. The number of para-hydroxylation sites is 1. The zero-order valence-electron chi connectivity index (χ0n) is 17.5. The molecule has 30 heavy (non-hydrogen) atoms. The normalized spacial score (nSPS) is 16.6. The highest BCUT2D eigenvalue weighted by Crippen LogP contribution is 2.49. The van der Waals surface area contributed by atoms with Crippen molar-refractivity contribution >= 4 is 5.91 Å². The van der Waals surface area contributed by atoms with E-state index in [9.17, 15) is 4.79 Å². The molecule has 3 heterocycles. The van der Waals surface area contributed by atoms with E-state index in [0.29, 0.717) is 24.4 Å². The van der Waals surface area contributed by atoms with Crippen molar-refractivity contribution in [3.8, 4) is 22.8 Å². The van der Waals surface area contributed by atoms with Crippen LogP contribution in [0.25, 0.3) is 11.3 Å². The number of carbonyl (C=O) groups excluding carboxylic acids is 1. The summed E-state index contributed by atoms with van der Waals surface area (Å²) >= 11 is 0. The predicted octanol–water partition coefficient (Wildman–Crippen LogP) is 3.93. The van der Waals surface area contributed by atoms with Crippen LogP contribution in [-0.4, -0.2) is 40.8 Å². The average molecular weight is 403 g/mol. The van der Waals surface area contributed by atoms with Crippen molar-refractivity contribution in [3.05, 3.63) is 65.4 Å². The van der Waals surface area contributed by atoms with Crippen molar-refractivity contribution in [1.29, 1.82) is 0 Å². The molecule has 2 aliphatic heterocycles. The molecule has 0 atom stereocenters. The summed E-state index contributed by atoms with van der Waals surface area (Å²) in [6.45, 7) is 3.22. The van der Waals surface area contributed by atoms with E-state index in [1.807, 2.05) is 66.1 Å². The average Bonchev–Trinajstić information content (AvgIpc) is 3.17. The van der Waals surface area contributed by atoms with Gasteiger partial charge in [-0.25, -0.2) is 0 Å². The number of hydrogen-bond acceptors (Lipinski definition) is 4. The molecule has 154 valence electrons. The zero-order chi connectivity index (χ0) is 20.9. The topological polar surface area (TPSA) is 56.6 Å². The van der Waals surface area contributed by atoms with Gasteiger partial charge in [0.05, 0.1) is 24.6 Å². The molecule has 1 saturated heterocycles. The van der Waals surface area contributed by atoms with Crippen LogP contribution in [0.4, 0.5) is 0 Å². The predicted molar refractivity (Wildman–Crippen MR) is 114 cm³/mol. The Morgan fingerprint density at radius 3 is 2.70 bits per heavy atom. The Kier molecular flexibility index (Phi) is 4.31. The monoisotopic (exact) mass is 403 g/mol. The number of fused-ring (bicyclic) bond motifs is 4. The van der Waals surface area contributed by atoms with Crippen LogP contribution < -0.4 is 9.47 Å². The number of ether oxygens (including phenoxy) is 2. The fourth-order valence-electron chi connectivity index (χ4n) is 4.71.